The van der Waals surface area contributed by atoms with Crippen molar-refractivity contribution < 1.29 is 13.2 Å². The fourth-order valence-electron chi connectivity index (χ4n) is 3.45. The molecular formula is C17H27N3O3S2. The van der Waals surface area contributed by atoms with E-state index >= 15 is 0 Å². The highest BCUT2D eigenvalue weighted by Gasteiger charge is 2.36. The molecule has 0 bridgehead atoms. The van der Waals surface area contributed by atoms with Gasteiger partial charge in [0.1, 0.15) is 4.21 Å². The van der Waals surface area contributed by atoms with Crippen LogP contribution in [0, 0.1) is 11.3 Å². The first-order valence-electron chi connectivity index (χ1n) is 8.84. The molecule has 0 radical (unpaired) electrons. The smallest absolute Gasteiger partial charge is 0.263 e. The van der Waals surface area contributed by atoms with Gasteiger partial charge >= 0.3 is 0 Å². The number of nitrogens with two attached hydrogens (primary N) is 1. The van der Waals surface area contributed by atoms with Crippen LogP contribution in [0.25, 0.3) is 0 Å². The van der Waals surface area contributed by atoms with Gasteiger partial charge in [-0.2, -0.15) is 4.31 Å². The minimum absolute atomic E-state index is 0.0354. The van der Waals surface area contributed by atoms with E-state index < -0.39 is 10.0 Å². The van der Waals surface area contributed by atoms with Crippen molar-refractivity contribution in [3.8, 4) is 0 Å². The van der Waals surface area contributed by atoms with E-state index in [1.54, 1.807) is 21.3 Å². The van der Waals surface area contributed by atoms with Crippen molar-refractivity contribution in [1.82, 2.24) is 9.21 Å². The molecule has 2 N–H and O–H groups in total. The molecule has 3 rings (SSSR count). The molecule has 0 aromatic carbocycles. The molecule has 1 aromatic rings. The Bertz CT molecular complexity index is 738. The summed E-state index contributed by atoms with van der Waals surface area (Å²) in [6.07, 6.45) is 2.67. The average Bonchev–Trinajstić information content (AvgIpc) is 3.23. The molecule has 1 atom stereocenters. The highest BCUT2D eigenvalue weighted by molar-refractivity contribution is 7.91. The second-order valence-corrected chi connectivity index (χ2v) is 10.9. The number of sulfonamides is 1. The third-order valence-corrected chi connectivity index (χ3v) is 8.91. The number of carbonyl (C=O) groups is 1. The molecule has 8 heteroatoms. The predicted molar refractivity (Wildman–Crippen MR) is 99.2 cm³/mol. The van der Waals surface area contributed by atoms with Gasteiger partial charge in [-0.25, -0.2) is 8.42 Å². The molecule has 6 nitrogen and oxygen atoms in total. The predicted octanol–water partition coefficient (Wildman–Crippen LogP) is 1.98. The molecule has 0 saturated carbocycles. The zero-order valence-corrected chi connectivity index (χ0v) is 16.5. The van der Waals surface area contributed by atoms with Crippen LogP contribution in [0.15, 0.2) is 16.3 Å². The lowest BCUT2D eigenvalue weighted by Gasteiger charge is -2.28. The Morgan fingerprint density at radius 1 is 1.32 bits per heavy atom. The summed E-state index contributed by atoms with van der Waals surface area (Å²) in [5.74, 6) is 0.481. The molecule has 1 unspecified atom stereocenters. The maximum Gasteiger partial charge on any atom is 0.263 e. The quantitative estimate of drug-likeness (QED) is 0.859. The van der Waals surface area contributed by atoms with E-state index in [4.69, 9.17) is 5.73 Å². The van der Waals surface area contributed by atoms with E-state index in [2.05, 4.69) is 13.8 Å². The highest BCUT2D eigenvalue weighted by atomic mass is 32.2. The maximum absolute atomic E-state index is 12.8. The summed E-state index contributed by atoms with van der Waals surface area (Å²) in [6.45, 7) is 7.22. The third-order valence-electron chi connectivity index (χ3n) is 5.47. The lowest BCUT2D eigenvalue weighted by molar-refractivity contribution is 0.0781. The zero-order chi connectivity index (χ0) is 18.2. The number of hydrogen-bond acceptors (Lipinski definition) is 5. The lowest BCUT2D eigenvalue weighted by atomic mass is 9.90. The molecule has 25 heavy (non-hydrogen) atoms. The number of amides is 1. The van der Waals surface area contributed by atoms with Crippen molar-refractivity contribution in [3.05, 3.63) is 17.0 Å². The van der Waals surface area contributed by atoms with E-state index in [0.717, 1.165) is 30.6 Å². The molecule has 1 amide bonds. The van der Waals surface area contributed by atoms with E-state index in [0.29, 0.717) is 43.5 Å². The summed E-state index contributed by atoms with van der Waals surface area (Å²) in [4.78, 5) is 15.0. The minimum Gasteiger partial charge on any atom is -0.337 e. The Hall–Kier alpha value is -0.960. The number of likely N-dealkylation sites (tertiary alicyclic amines) is 1. The van der Waals surface area contributed by atoms with E-state index in [-0.39, 0.29) is 15.5 Å². The monoisotopic (exact) mass is 385 g/mol. The first kappa shape index (κ1) is 18.8. The van der Waals surface area contributed by atoms with E-state index in [9.17, 15) is 13.2 Å². The van der Waals surface area contributed by atoms with Gasteiger partial charge in [-0.1, -0.05) is 13.8 Å². The molecule has 0 spiro atoms. The van der Waals surface area contributed by atoms with Crippen LogP contribution in [0.5, 0.6) is 0 Å². The van der Waals surface area contributed by atoms with E-state index in [1.165, 1.54) is 0 Å². The molecule has 2 saturated heterocycles. The van der Waals surface area contributed by atoms with Gasteiger partial charge in [0.2, 0.25) is 0 Å². The van der Waals surface area contributed by atoms with Gasteiger partial charge in [0, 0.05) is 26.2 Å². The summed E-state index contributed by atoms with van der Waals surface area (Å²) in [7, 11) is -3.49. The van der Waals surface area contributed by atoms with Crippen molar-refractivity contribution in [3.63, 3.8) is 0 Å². The summed E-state index contributed by atoms with van der Waals surface area (Å²) in [6, 6.07) is 3.22. The number of carbonyl (C=O) groups excluding carboxylic acids is 1. The normalized spacial score (nSPS) is 26.3. The SMILES string of the molecule is CC1CCN(S(=O)(=O)c2ccc(C(=O)N3CCC(C)(CN)C3)s2)CC1. The largest absolute Gasteiger partial charge is 0.337 e. The van der Waals surface area contributed by atoms with Gasteiger partial charge in [0.25, 0.3) is 15.9 Å². The van der Waals surface area contributed by atoms with Crippen LogP contribution >= 0.6 is 11.3 Å². The average molecular weight is 386 g/mol. The van der Waals surface area contributed by atoms with E-state index in [1.807, 2.05) is 0 Å². The van der Waals surface area contributed by atoms with Crippen LogP contribution in [0.1, 0.15) is 42.8 Å². The number of nitrogens with zero attached hydrogens (tertiary/aromatic N) is 2. The van der Waals surface area contributed by atoms with Crippen LogP contribution in [0.2, 0.25) is 0 Å². The minimum atomic E-state index is -3.49. The first-order valence-corrected chi connectivity index (χ1v) is 11.1. The topological polar surface area (TPSA) is 83.7 Å². The Kier molecular flexibility index (Phi) is 5.26. The molecule has 2 aliphatic rings. The molecule has 3 heterocycles. The van der Waals surface area contributed by atoms with Crippen molar-refractivity contribution in [2.75, 3.05) is 32.7 Å². The fraction of sp³-hybridized carbons (Fsp3) is 0.706. The van der Waals surface area contributed by atoms with Gasteiger partial charge in [0.15, 0.2) is 0 Å². The molecule has 2 fully saturated rings. The van der Waals surface area contributed by atoms with Gasteiger partial charge in [-0.15, -0.1) is 11.3 Å². The second-order valence-electron chi connectivity index (χ2n) is 7.70. The van der Waals surface area contributed by atoms with Crippen molar-refractivity contribution in [1.29, 1.82) is 0 Å². The maximum atomic E-state index is 12.8. The molecular weight excluding hydrogens is 358 g/mol. The van der Waals surface area contributed by atoms with Crippen molar-refractivity contribution in [2.24, 2.45) is 17.1 Å². The van der Waals surface area contributed by atoms with Crippen LogP contribution in [-0.2, 0) is 10.0 Å². The fourth-order valence-corrected chi connectivity index (χ4v) is 6.34. The van der Waals surface area contributed by atoms with Crippen LogP contribution < -0.4 is 5.73 Å². The van der Waals surface area contributed by atoms with Gasteiger partial charge in [0.05, 0.1) is 4.88 Å². The molecule has 1 aromatic heterocycles. The Morgan fingerprint density at radius 3 is 2.60 bits per heavy atom. The molecule has 2 aliphatic heterocycles. The van der Waals surface area contributed by atoms with Gasteiger partial charge < -0.3 is 10.6 Å². The number of rotatable bonds is 4. The van der Waals surface area contributed by atoms with Crippen molar-refractivity contribution >= 4 is 27.3 Å². The summed E-state index contributed by atoms with van der Waals surface area (Å²) < 4.78 is 27.4. The number of piperidine rings is 1. The Morgan fingerprint density at radius 2 is 2.00 bits per heavy atom. The summed E-state index contributed by atoms with van der Waals surface area (Å²) in [5.41, 5.74) is 5.77. The zero-order valence-electron chi connectivity index (χ0n) is 14.9. The highest BCUT2D eigenvalue weighted by Crippen LogP contribution is 2.32. The Balaban J connectivity index is 1.73. The third kappa shape index (κ3) is 3.77. The first-order chi connectivity index (χ1) is 11.7. The van der Waals surface area contributed by atoms with Gasteiger partial charge in [-0.3, -0.25) is 4.79 Å². The van der Waals surface area contributed by atoms with Crippen molar-refractivity contribution in [2.45, 2.75) is 37.3 Å². The number of hydrogen-bond donors (Lipinski definition) is 1. The van der Waals surface area contributed by atoms with Crippen LogP contribution in [0.3, 0.4) is 0 Å². The number of thiophene rings is 1. The molecule has 0 aliphatic carbocycles. The van der Waals surface area contributed by atoms with Crippen LogP contribution in [-0.4, -0.2) is 56.3 Å². The Labute approximate surface area is 154 Å². The summed E-state index contributed by atoms with van der Waals surface area (Å²) in [5, 5.41) is 0. The second kappa shape index (κ2) is 6.98. The van der Waals surface area contributed by atoms with Gasteiger partial charge in [-0.05, 0) is 49.3 Å². The standard InChI is InChI=1S/C17H27N3O3S2/c1-13-5-8-20(9-6-13)25(22,23)15-4-3-14(24-15)16(21)19-10-7-17(2,11-18)12-19/h3-4,13H,5-12,18H2,1-2H3. The lowest BCUT2D eigenvalue weighted by Crippen LogP contribution is -2.37. The summed E-state index contributed by atoms with van der Waals surface area (Å²) >= 11 is 1.08. The van der Waals surface area contributed by atoms with Crippen LogP contribution in [0.4, 0.5) is 0 Å². The molecule has 140 valence electrons.